The standard InChI is InChI=1S/C11H21NO2/c1-8-6-4-5-7-10(8)12-9(2)11(13)14-3/h8-10,12H,4-7H2,1-3H3. The minimum absolute atomic E-state index is 0.164. The summed E-state index contributed by atoms with van der Waals surface area (Å²) in [5, 5.41) is 3.34. The normalized spacial score (nSPS) is 29.6. The van der Waals surface area contributed by atoms with Crippen molar-refractivity contribution in [2.45, 2.75) is 51.6 Å². The third-order valence-corrected chi connectivity index (χ3v) is 3.13. The first kappa shape index (κ1) is 11.5. The molecule has 3 unspecified atom stereocenters. The van der Waals surface area contributed by atoms with Crippen molar-refractivity contribution in [1.82, 2.24) is 5.32 Å². The van der Waals surface area contributed by atoms with Crippen molar-refractivity contribution in [3.63, 3.8) is 0 Å². The van der Waals surface area contributed by atoms with Gasteiger partial charge in [0, 0.05) is 6.04 Å². The quantitative estimate of drug-likeness (QED) is 0.703. The minimum atomic E-state index is -0.175. The molecule has 3 atom stereocenters. The molecule has 1 N–H and O–H groups in total. The Morgan fingerprint density at radius 1 is 1.43 bits per heavy atom. The van der Waals surface area contributed by atoms with E-state index in [4.69, 9.17) is 0 Å². The number of methoxy groups -OCH3 is 1. The Morgan fingerprint density at radius 2 is 2.07 bits per heavy atom. The van der Waals surface area contributed by atoms with Crippen molar-refractivity contribution in [2.75, 3.05) is 7.11 Å². The first-order valence-corrected chi connectivity index (χ1v) is 5.49. The number of nitrogens with one attached hydrogen (secondary N) is 1. The number of hydrogen-bond acceptors (Lipinski definition) is 3. The van der Waals surface area contributed by atoms with E-state index in [0.717, 1.165) is 0 Å². The van der Waals surface area contributed by atoms with Crippen molar-refractivity contribution in [3.8, 4) is 0 Å². The Kier molecular flexibility index (Phi) is 4.39. The smallest absolute Gasteiger partial charge is 0.322 e. The molecule has 1 aliphatic carbocycles. The van der Waals surface area contributed by atoms with Crippen LogP contribution >= 0.6 is 0 Å². The minimum Gasteiger partial charge on any atom is -0.468 e. The van der Waals surface area contributed by atoms with Gasteiger partial charge in [0.25, 0.3) is 0 Å². The van der Waals surface area contributed by atoms with E-state index in [1.165, 1.54) is 32.8 Å². The third kappa shape index (κ3) is 2.98. The SMILES string of the molecule is COC(=O)C(C)NC1CCCCC1C. The van der Waals surface area contributed by atoms with E-state index in [0.29, 0.717) is 12.0 Å². The van der Waals surface area contributed by atoms with E-state index in [1.807, 2.05) is 6.92 Å². The molecular formula is C11H21NO2. The van der Waals surface area contributed by atoms with Gasteiger partial charge in [0.05, 0.1) is 7.11 Å². The van der Waals surface area contributed by atoms with Gasteiger partial charge < -0.3 is 10.1 Å². The lowest BCUT2D eigenvalue weighted by Crippen LogP contribution is -2.46. The molecule has 1 rings (SSSR count). The maximum Gasteiger partial charge on any atom is 0.322 e. The van der Waals surface area contributed by atoms with Crippen LogP contribution in [-0.2, 0) is 9.53 Å². The molecule has 3 heteroatoms. The van der Waals surface area contributed by atoms with E-state index in [2.05, 4.69) is 17.0 Å². The molecule has 82 valence electrons. The summed E-state index contributed by atoms with van der Waals surface area (Å²) in [6.07, 6.45) is 5.05. The molecule has 0 saturated heterocycles. The van der Waals surface area contributed by atoms with Gasteiger partial charge in [0.1, 0.15) is 6.04 Å². The van der Waals surface area contributed by atoms with Crippen LogP contribution < -0.4 is 5.32 Å². The zero-order valence-corrected chi connectivity index (χ0v) is 9.38. The van der Waals surface area contributed by atoms with Gasteiger partial charge in [-0.15, -0.1) is 0 Å². The van der Waals surface area contributed by atoms with E-state index < -0.39 is 0 Å². The van der Waals surface area contributed by atoms with Gasteiger partial charge in [0.15, 0.2) is 0 Å². The molecule has 1 aliphatic rings. The highest BCUT2D eigenvalue weighted by Crippen LogP contribution is 2.23. The molecule has 1 fully saturated rings. The molecule has 14 heavy (non-hydrogen) atoms. The van der Waals surface area contributed by atoms with Gasteiger partial charge in [-0.2, -0.15) is 0 Å². The summed E-state index contributed by atoms with van der Waals surface area (Å²) in [5.41, 5.74) is 0. The highest BCUT2D eigenvalue weighted by Gasteiger charge is 2.24. The van der Waals surface area contributed by atoms with Crippen LogP contribution in [-0.4, -0.2) is 25.2 Å². The molecule has 0 spiro atoms. The van der Waals surface area contributed by atoms with Gasteiger partial charge in [-0.25, -0.2) is 0 Å². The molecule has 0 heterocycles. The average molecular weight is 199 g/mol. The van der Waals surface area contributed by atoms with Crippen LogP contribution in [0.4, 0.5) is 0 Å². The molecule has 0 aromatic heterocycles. The lowest BCUT2D eigenvalue weighted by atomic mass is 9.85. The fraction of sp³-hybridized carbons (Fsp3) is 0.909. The maximum absolute atomic E-state index is 11.2. The fourth-order valence-corrected chi connectivity index (χ4v) is 2.13. The number of carbonyl (C=O) groups excluding carboxylic acids is 1. The van der Waals surface area contributed by atoms with Crippen LogP contribution in [0.15, 0.2) is 0 Å². The zero-order chi connectivity index (χ0) is 10.6. The van der Waals surface area contributed by atoms with E-state index in [1.54, 1.807) is 0 Å². The highest BCUT2D eigenvalue weighted by molar-refractivity contribution is 5.75. The highest BCUT2D eigenvalue weighted by atomic mass is 16.5. The molecule has 0 aromatic carbocycles. The van der Waals surface area contributed by atoms with Gasteiger partial charge in [-0.3, -0.25) is 4.79 Å². The van der Waals surface area contributed by atoms with E-state index >= 15 is 0 Å². The Balaban J connectivity index is 2.38. The van der Waals surface area contributed by atoms with Gasteiger partial charge >= 0.3 is 5.97 Å². The van der Waals surface area contributed by atoms with Crippen molar-refractivity contribution in [2.24, 2.45) is 5.92 Å². The average Bonchev–Trinajstić information content (AvgIpc) is 2.20. The Bertz CT molecular complexity index is 194. The second-order valence-corrected chi connectivity index (χ2v) is 4.28. The van der Waals surface area contributed by atoms with Gasteiger partial charge in [0.2, 0.25) is 0 Å². The number of ether oxygens (including phenoxy) is 1. The van der Waals surface area contributed by atoms with Crippen molar-refractivity contribution >= 4 is 5.97 Å². The maximum atomic E-state index is 11.2. The van der Waals surface area contributed by atoms with Crippen LogP contribution in [0.25, 0.3) is 0 Å². The van der Waals surface area contributed by atoms with E-state index in [-0.39, 0.29) is 12.0 Å². The molecule has 3 nitrogen and oxygen atoms in total. The Hall–Kier alpha value is -0.570. The molecule has 1 saturated carbocycles. The Morgan fingerprint density at radius 3 is 2.64 bits per heavy atom. The summed E-state index contributed by atoms with van der Waals surface area (Å²) < 4.78 is 4.69. The van der Waals surface area contributed by atoms with Crippen LogP contribution in [0.1, 0.15) is 39.5 Å². The third-order valence-electron chi connectivity index (χ3n) is 3.13. The summed E-state index contributed by atoms with van der Waals surface area (Å²) >= 11 is 0. The number of hydrogen-bond donors (Lipinski definition) is 1. The predicted molar refractivity (Wildman–Crippen MR) is 56.0 cm³/mol. The summed E-state index contributed by atoms with van der Waals surface area (Å²) in [6.45, 7) is 4.12. The monoisotopic (exact) mass is 199 g/mol. The largest absolute Gasteiger partial charge is 0.468 e. The Labute approximate surface area is 86.2 Å². The molecule has 0 aliphatic heterocycles. The summed E-state index contributed by atoms with van der Waals surface area (Å²) in [4.78, 5) is 11.2. The lowest BCUT2D eigenvalue weighted by molar-refractivity contribution is -0.143. The van der Waals surface area contributed by atoms with Crippen molar-refractivity contribution < 1.29 is 9.53 Å². The molecule has 0 bridgehead atoms. The summed E-state index contributed by atoms with van der Waals surface area (Å²) in [6, 6.07) is 0.309. The molecule has 0 radical (unpaired) electrons. The van der Waals surface area contributed by atoms with Crippen molar-refractivity contribution in [1.29, 1.82) is 0 Å². The lowest BCUT2D eigenvalue weighted by Gasteiger charge is -2.31. The fourth-order valence-electron chi connectivity index (χ4n) is 2.13. The second kappa shape index (κ2) is 5.35. The topological polar surface area (TPSA) is 38.3 Å². The first-order valence-electron chi connectivity index (χ1n) is 5.49. The van der Waals surface area contributed by atoms with Gasteiger partial charge in [-0.05, 0) is 25.7 Å². The summed E-state index contributed by atoms with van der Waals surface area (Å²) in [5.74, 6) is 0.513. The zero-order valence-electron chi connectivity index (χ0n) is 9.38. The van der Waals surface area contributed by atoms with E-state index in [9.17, 15) is 4.79 Å². The van der Waals surface area contributed by atoms with Crippen LogP contribution in [0.2, 0.25) is 0 Å². The van der Waals surface area contributed by atoms with Crippen LogP contribution in [0.5, 0.6) is 0 Å². The number of carbonyl (C=O) groups is 1. The second-order valence-electron chi connectivity index (χ2n) is 4.28. The van der Waals surface area contributed by atoms with Crippen LogP contribution in [0, 0.1) is 5.92 Å². The summed E-state index contributed by atoms with van der Waals surface area (Å²) in [7, 11) is 1.44. The number of esters is 1. The van der Waals surface area contributed by atoms with Gasteiger partial charge in [-0.1, -0.05) is 19.8 Å². The van der Waals surface area contributed by atoms with Crippen molar-refractivity contribution in [3.05, 3.63) is 0 Å². The number of rotatable bonds is 3. The van der Waals surface area contributed by atoms with Crippen LogP contribution in [0.3, 0.4) is 0 Å². The molecule has 0 aromatic rings. The predicted octanol–water partition coefficient (Wildman–Crippen LogP) is 1.72. The molecular weight excluding hydrogens is 178 g/mol. The molecule has 0 amide bonds. The first-order chi connectivity index (χ1) is 6.65.